The molecule has 1 heterocycles. The molecule has 0 radical (unpaired) electrons. The van der Waals surface area contributed by atoms with Crippen LogP contribution in [0, 0.1) is 5.41 Å². The van der Waals surface area contributed by atoms with Crippen molar-refractivity contribution in [2.75, 3.05) is 19.8 Å². The largest absolute Gasteiger partial charge is 0.380 e. The van der Waals surface area contributed by atoms with Crippen LogP contribution in [0.2, 0.25) is 0 Å². The molecule has 0 aromatic carbocycles. The zero-order chi connectivity index (χ0) is 11.7. The van der Waals surface area contributed by atoms with Crippen molar-refractivity contribution in [3.8, 4) is 0 Å². The van der Waals surface area contributed by atoms with Gasteiger partial charge in [-0.15, -0.1) is 0 Å². The van der Waals surface area contributed by atoms with Gasteiger partial charge in [0.2, 0.25) is 0 Å². The van der Waals surface area contributed by atoms with Crippen LogP contribution in [0.4, 0.5) is 0 Å². The van der Waals surface area contributed by atoms with Crippen LogP contribution in [0.3, 0.4) is 0 Å². The quantitative estimate of drug-likeness (QED) is 0.613. The van der Waals surface area contributed by atoms with E-state index in [0.29, 0.717) is 11.5 Å². The van der Waals surface area contributed by atoms with Gasteiger partial charge in [-0.1, -0.05) is 20.8 Å². The van der Waals surface area contributed by atoms with Crippen molar-refractivity contribution < 1.29 is 4.74 Å². The number of hydrogen-bond acceptors (Lipinski definition) is 2. The molecule has 0 saturated carbocycles. The summed E-state index contributed by atoms with van der Waals surface area (Å²) in [5, 5.41) is 0. The van der Waals surface area contributed by atoms with Crippen LogP contribution in [0.15, 0.2) is 0 Å². The molecule has 0 amide bonds. The highest BCUT2D eigenvalue weighted by Gasteiger charge is 2.36. The maximum absolute atomic E-state index is 5.60. The van der Waals surface area contributed by atoms with Crippen molar-refractivity contribution in [3.05, 3.63) is 0 Å². The first-order chi connectivity index (χ1) is 6.73. The summed E-state index contributed by atoms with van der Waals surface area (Å²) in [7, 11) is 0. The van der Waals surface area contributed by atoms with Gasteiger partial charge >= 0.3 is 0 Å². The van der Waals surface area contributed by atoms with E-state index in [1.807, 2.05) is 0 Å². The zero-order valence-corrected chi connectivity index (χ0v) is 11.3. The van der Waals surface area contributed by atoms with Gasteiger partial charge in [-0.05, 0) is 32.6 Å². The first-order valence-electron chi connectivity index (χ1n) is 6.07. The zero-order valence-electron chi connectivity index (χ0n) is 11.3. The Hall–Kier alpha value is -0.0800. The molecule has 1 saturated heterocycles. The second-order valence-electron chi connectivity index (χ2n) is 6.65. The normalized spacial score (nSPS) is 26.4. The minimum Gasteiger partial charge on any atom is -0.380 e. The third-order valence-electron chi connectivity index (χ3n) is 3.25. The van der Waals surface area contributed by atoms with Crippen molar-refractivity contribution in [2.45, 2.75) is 59.5 Å². The number of ether oxygens (including phenoxy) is 1. The van der Waals surface area contributed by atoms with Gasteiger partial charge in [0, 0.05) is 24.7 Å². The summed E-state index contributed by atoms with van der Waals surface area (Å²) in [6.07, 6.45) is 1.15. The Bertz CT molecular complexity index is 178. The molecule has 0 N–H and O–H groups in total. The summed E-state index contributed by atoms with van der Waals surface area (Å²) in [5.74, 6) is 0. The van der Waals surface area contributed by atoms with Crippen molar-refractivity contribution >= 4 is 0 Å². The van der Waals surface area contributed by atoms with Crippen molar-refractivity contribution in [1.82, 2.24) is 4.90 Å². The summed E-state index contributed by atoms with van der Waals surface area (Å²) in [5.41, 5.74) is 0.576. The maximum atomic E-state index is 5.60. The number of nitrogens with zero attached hydrogens (tertiary/aromatic N) is 1. The third-order valence-corrected chi connectivity index (χ3v) is 3.25. The molecule has 1 aliphatic heterocycles. The Morgan fingerprint density at radius 1 is 1.00 bits per heavy atom. The Labute approximate surface area is 95.0 Å². The summed E-state index contributed by atoms with van der Waals surface area (Å²) in [4.78, 5) is 2.61. The van der Waals surface area contributed by atoms with E-state index in [2.05, 4.69) is 46.4 Å². The molecule has 1 rings (SSSR count). The van der Waals surface area contributed by atoms with Gasteiger partial charge in [0.15, 0.2) is 0 Å². The van der Waals surface area contributed by atoms with E-state index in [1.165, 1.54) is 0 Å². The summed E-state index contributed by atoms with van der Waals surface area (Å²) in [6, 6.07) is 0.625. The first-order valence-corrected chi connectivity index (χ1v) is 6.07. The molecule has 0 aliphatic carbocycles. The highest BCUT2D eigenvalue weighted by atomic mass is 16.5. The van der Waals surface area contributed by atoms with Crippen molar-refractivity contribution in [3.63, 3.8) is 0 Å². The van der Waals surface area contributed by atoms with Gasteiger partial charge in [0.1, 0.15) is 0 Å². The van der Waals surface area contributed by atoms with Gasteiger partial charge in [0.25, 0.3) is 0 Å². The van der Waals surface area contributed by atoms with E-state index in [0.717, 1.165) is 26.2 Å². The Morgan fingerprint density at radius 2 is 1.60 bits per heavy atom. The van der Waals surface area contributed by atoms with E-state index >= 15 is 0 Å². The lowest BCUT2D eigenvalue weighted by molar-refractivity contribution is 0.0266. The van der Waals surface area contributed by atoms with Gasteiger partial charge in [-0.25, -0.2) is 0 Å². The molecule has 0 aromatic heterocycles. The summed E-state index contributed by atoms with van der Waals surface area (Å²) >= 11 is 0. The molecular weight excluding hydrogens is 186 g/mol. The molecule has 0 bridgehead atoms. The second kappa shape index (κ2) is 4.42. The lowest BCUT2D eigenvalue weighted by Gasteiger charge is -2.46. The van der Waals surface area contributed by atoms with Crippen LogP contribution in [0.5, 0.6) is 0 Å². The lowest BCUT2D eigenvalue weighted by atomic mass is 9.82. The van der Waals surface area contributed by atoms with Crippen LogP contribution < -0.4 is 0 Å². The standard InChI is InChI=1S/C13H27NO/c1-12(2,3)11-7-9-15-10-8-14(11)13(4,5)6/h11H,7-10H2,1-6H3. The molecule has 1 unspecified atom stereocenters. The number of rotatable bonds is 0. The number of hydrogen-bond donors (Lipinski definition) is 0. The highest BCUT2D eigenvalue weighted by Crippen LogP contribution is 2.32. The molecule has 1 aliphatic rings. The van der Waals surface area contributed by atoms with Gasteiger partial charge in [0.05, 0.1) is 6.61 Å². The van der Waals surface area contributed by atoms with Gasteiger partial charge in [-0.3, -0.25) is 4.90 Å². The predicted molar refractivity (Wildman–Crippen MR) is 65.1 cm³/mol. The molecule has 90 valence electrons. The second-order valence-corrected chi connectivity index (χ2v) is 6.65. The highest BCUT2D eigenvalue weighted by molar-refractivity contribution is 4.90. The van der Waals surface area contributed by atoms with Crippen molar-refractivity contribution in [1.29, 1.82) is 0 Å². The van der Waals surface area contributed by atoms with Crippen LogP contribution in [-0.2, 0) is 4.74 Å². The SMILES string of the molecule is CC(C)(C)C1CCOCCN1C(C)(C)C. The van der Waals surface area contributed by atoms with Gasteiger partial charge < -0.3 is 4.74 Å². The van der Waals surface area contributed by atoms with Crippen LogP contribution in [0.1, 0.15) is 48.0 Å². The molecule has 0 spiro atoms. The van der Waals surface area contributed by atoms with E-state index in [-0.39, 0.29) is 5.54 Å². The third kappa shape index (κ3) is 3.46. The van der Waals surface area contributed by atoms with Crippen LogP contribution >= 0.6 is 0 Å². The molecule has 1 atom stereocenters. The minimum absolute atomic E-state index is 0.242. The summed E-state index contributed by atoms with van der Waals surface area (Å²) in [6.45, 7) is 16.8. The Kier molecular flexibility index (Phi) is 3.83. The maximum Gasteiger partial charge on any atom is 0.0593 e. The van der Waals surface area contributed by atoms with E-state index in [1.54, 1.807) is 0 Å². The fourth-order valence-electron chi connectivity index (χ4n) is 2.48. The molecule has 1 fully saturated rings. The fraction of sp³-hybridized carbons (Fsp3) is 1.00. The smallest absolute Gasteiger partial charge is 0.0593 e. The van der Waals surface area contributed by atoms with E-state index < -0.39 is 0 Å². The average Bonchev–Trinajstić information content (AvgIpc) is 2.24. The average molecular weight is 213 g/mol. The topological polar surface area (TPSA) is 12.5 Å². The van der Waals surface area contributed by atoms with Gasteiger partial charge in [-0.2, -0.15) is 0 Å². The molecule has 2 nitrogen and oxygen atoms in total. The first kappa shape index (κ1) is 13.0. The monoisotopic (exact) mass is 213 g/mol. The van der Waals surface area contributed by atoms with Crippen LogP contribution in [0.25, 0.3) is 0 Å². The molecular formula is C13H27NO. The van der Waals surface area contributed by atoms with Crippen LogP contribution in [-0.4, -0.2) is 36.2 Å². The van der Waals surface area contributed by atoms with E-state index in [9.17, 15) is 0 Å². The molecule has 2 heteroatoms. The summed E-state index contributed by atoms with van der Waals surface area (Å²) < 4.78 is 5.60. The lowest BCUT2D eigenvalue weighted by Crippen LogP contribution is -2.53. The van der Waals surface area contributed by atoms with E-state index in [4.69, 9.17) is 4.74 Å². The molecule has 15 heavy (non-hydrogen) atoms. The Morgan fingerprint density at radius 3 is 2.07 bits per heavy atom. The van der Waals surface area contributed by atoms with Crippen molar-refractivity contribution in [2.24, 2.45) is 5.41 Å². The predicted octanol–water partition coefficient (Wildman–Crippen LogP) is 2.92. The minimum atomic E-state index is 0.242. The molecule has 0 aromatic rings. The Balaban J connectivity index is 2.86. The fourth-order valence-corrected chi connectivity index (χ4v) is 2.48.